The number of ether oxygens (including phenoxy) is 1. The number of benzene rings is 1. The summed E-state index contributed by atoms with van der Waals surface area (Å²) in [6.07, 6.45) is -5.02. The van der Waals surface area contributed by atoms with Crippen molar-refractivity contribution in [3.05, 3.63) is 29.3 Å². The molecule has 0 bridgehead atoms. The predicted octanol–water partition coefficient (Wildman–Crippen LogP) is 2.42. The van der Waals surface area contributed by atoms with Gasteiger partial charge in [0.15, 0.2) is 0 Å². The zero-order valence-corrected chi connectivity index (χ0v) is 12.0. The molecule has 6 heteroatoms. The van der Waals surface area contributed by atoms with E-state index in [1.807, 2.05) is 0 Å². The average Bonchev–Trinajstić information content (AvgIpc) is 2.43. The summed E-state index contributed by atoms with van der Waals surface area (Å²) < 4.78 is 41.8. The molecule has 0 spiro atoms. The lowest BCUT2D eigenvalue weighted by atomic mass is 10.1. The first-order chi connectivity index (χ1) is 9.85. The molecule has 0 radical (unpaired) electrons. The zero-order valence-electron chi connectivity index (χ0n) is 12.0. The van der Waals surface area contributed by atoms with E-state index in [1.54, 1.807) is 30.1 Å². The lowest BCUT2D eigenvalue weighted by molar-refractivity contribution is -0.137. The molecular weight excluding hydrogens is 283 g/mol. The van der Waals surface area contributed by atoms with Crippen LogP contribution in [0, 0.1) is 11.8 Å². The SMILES string of the molecule is COc1ccc(C#CCO)c(CN(C)CCC(F)(F)F)c1. The summed E-state index contributed by atoms with van der Waals surface area (Å²) in [4.78, 5) is 1.58. The van der Waals surface area contributed by atoms with Crippen molar-refractivity contribution < 1.29 is 23.0 Å². The molecule has 0 aliphatic carbocycles. The van der Waals surface area contributed by atoms with Gasteiger partial charge in [-0.25, -0.2) is 0 Å². The molecule has 0 atom stereocenters. The van der Waals surface area contributed by atoms with Crippen LogP contribution < -0.4 is 4.74 Å². The maximum atomic E-state index is 12.2. The first-order valence-corrected chi connectivity index (χ1v) is 6.37. The van der Waals surface area contributed by atoms with Crippen LogP contribution in [0.15, 0.2) is 18.2 Å². The number of aliphatic hydroxyl groups is 1. The molecule has 0 heterocycles. The number of hydrogen-bond acceptors (Lipinski definition) is 3. The van der Waals surface area contributed by atoms with Crippen molar-refractivity contribution in [2.75, 3.05) is 27.3 Å². The second-order valence-corrected chi connectivity index (χ2v) is 4.59. The van der Waals surface area contributed by atoms with Crippen LogP contribution in [0.2, 0.25) is 0 Å². The lowest BCUT2D eigenvalue weighted by Crippen LogP contribution is -2.24. The molecule has 0 saturated heterocycles. The quantitative estimate of drug-likeness (QED) is 0.848. The van der Waals surface area contributed by atoms with Gasteiger partial charge >= 0.3 is 6.18 Å². The first kappa shape index (κ1) is 17.3. The number of methoxy groups -OCH3 is 1. The topological polar surface area (TPSA) is 32.7 Å². The van der Waals surface area contributed by atoms with Crippen LogP contribution >= 0.6 is 0 Å². The Labute approximate surface area is 122 Å². The highest BCUT2D eigenvalue weighted by Gasteiger charge is 2.27. The summed E-state index contributed by atoms with van der Waals surface area (Å²) in [5.74, 6) is 5.94. The third-order valence-electron chi connectivity index (χ3n) is 2.83. The Morgan fingerprint density at radius 2 is 2.05 bits per heavy atom. The van der Waals surface area contributed by atoms with Crippen molar-refractivity contribution in [1.29, 1.82) is 0 Å². The van der Waals surface area contributed by atoms with E-state index in [1.165, 1.54) is 7.11 Å². The summed E-state index contributed by atoms with van der Waals surface area (Å²) >= 11 is 0. The number of aliphatic hydroxyl groups excluding tert-OH is 1. The minimum absolute atomic E-state index is 0.0897. The number of halogens is 3. The van der Waals surface area contributed by atoms with Crippen LogP contribution in [0.1, 0.15) is 17.5 Å². The molecule has 1 aromatic rings. The number of nitrogens with zero attached hydrogens (tertiary/aromatic N) is 1. The maximum Gasteiger partial charge on any atom is 0.390 e. The van der Waals surface area contributed by atoms with Crippen molar-refractivity contribution >= 4 is 0 Å². The van der Waals surface area contributed by atoms with E-state index in [2.05, 4.69) is 11.8 Å². The third kappa shape index (κ3) is 6.52. The van der Waals surface area contributed by atoms with Gasteiger partial charge in [-0.3, -0.25) is 0 Å². The van der Waals surface area contributed by atoms with Gasteiger partial charge in [0.25, 0.3) is 0 Å². The second-order valence-electron chi connectivity index (χ2n) is 4.59. The zero-order chi connectivity index (χ0) is 15.9. The summed E-state index contributed by atoms with van der Waals surface area (Å²) in [6, 6.07) is 5.19. The first-order valence-electron chi connectivity index (χ1n) is 6.37. The Morgan fingerprint density at radius 1 is 1.33 bits per heavy atom. The molecule has 1 rings (SSSR count). The highest BCUT2D eigenvalue weighted by atomic mass is 19.4. The molecule has 0 aromatic heterocycles. The van der Waals surface area contributed by atoms with Crippen LogP contribution in [-0.4, -0.2) is 43.5 Å². The Balaban J connectivity index is 2.83. The van der Waals surface area contributed by atoms with Gasteiger partial charge in [-0.15, -0.1) is 0 Å². The Hall–Kier alpha value is -1.71. The normalized spacial score (nSPS) is 11.2. The van der Waals surface area contributed by atoms with Crippen molar-refractivity contribution in [2.24, 2.45) is 0 Å². The fourth-order valence-corrected chi connectivity index (χ4v) is 1.77. The van der Waals surface area contributed by atoms with Crippen LogP contribution in [-0.2, 0) is 6.54 Å². The molecule has 0 aliphatic heterocycles. The molecule has 0 fully saturated rings. The highest BCUT2D eigenvalue weighted by Crippen LogP contribution is 2.22. The van der Waals surface area contributed by atoms with E-state index in [4.69, 9.17) is 9.84 Å². The molecule has 0 saturated carbocycles. The molecule has 1 aromatic carbocycles. The molecule has 3 nitrogen and oxygen atoms in total. The molecule has 0 amide bonds. The van der Waals surface area contributed by atoms with E-state index < -0.39 is 12.6 Å². The van der Waals surface area contributed by atoms with E-state index in [0.717, 1.165) is 5.56 Å². The summed E-state index contributed by atoms with van der Waals surface area (Å²) in [5.41, 5.74) is 1.43. The van der Waals surface area contributed by atoms with Crippen molar-refractivity contribution in [3.8, 4) is 17.6 Å². The van der Waals surface area contributed by atoms with Gasteiger partial charge in [0.05, 0.1) is 13.5 Å². The van der Waals surface area contributed by atoms with E-state index >= 15 is 0 Å². The highest BCUT2D eigenvalue weighted by molar-refractivity contribution is 5.45. The minimum Gasteiger partial charge on any atom is -0.497 e. The molecule has 1 N–H and O–H groups in total. The van der Waals surface area contributed by atoms with Gasteiger partial charge in [0.1, 0.15) is 12.4 Å². The molecular formula is C15H18F3NO2. The monoisotopic (exact) mass is 301 g/mol. The van der Waals surface area contributed by atoms with E-state index in [-0.39, 0.29) is 13.2 Å². The molecule has 0 aliphatic rings. The third-order valence-corrected chi connectivity index (χ3v) is 2.83. The van der Waals surface area contributed by atoms with Gasteiger partial charge in [0.2, 0.25) is 0 Å². The van der Waals surface area contributed by atoms with Crippen molar-refractivity contribution in [2.45, 2.75) is 19.1 Å². The smallest absolute Gasteiger partial charge is 0.390 e. The average molecular weight is 301 g/mol. The fraction of sp³-hybridized carbons (Fsp3) is 0.467. The van der Waals surface area contributed by atoms with Crippen molar-refractivity contribution in [3.63, 3.8) is 0 Å². The molecule has 21 heavy (non-hydrogen) atoms. The van der Waals surface area contributed by atoms with Gasteiger partial charge < -0.3 is 14.7 Å². The number of alkyl halides is 3. The maximum absolute atomic E-state index is 12.2. The second kappa shape index (κ2) is 7.91. The van der Waals surface area contributed by atoms with Gasteiger partial charge in [-0.05, 0) is 30.8 Å². The van der Waals surface area contributed by atoms with E-state index in [9.17, 15) is 13.2 Å². The van der Waals surface area contributed by atoms with Gasteiger partial charge in [-0.1, -0.05) is 11.8 Å². The number of hydrogen-bond donors (Lipinski definition) is 1. The van der Waals surface area contributed by atoms with Crippen LogP contribution in [0.5, 0.6) is 5.75 Å². The fourth-order valence-electron chi connectivity index (χ4n) is 1.77. The van der Waals surface area contributed by atoms with Crippen LogP contribution in [0.25, 0.3) is 0 Å². The summed E-state index contributed by atoms with van der Waals surface area (Å²) in [7, 11) is 3.14. The standard InChI is InChI=1S/C15H18F3NO2/c1-19(8-7-15(16,17)18)11-13-10-14(21-2)6-5-12(13)4-3-9-20/h5-6,10,20H,7-9,11H2,1-2H3. The lowest BCUT2D eigenvalue weighted by Gasteiger charge is -2.19. The summed E-state index contributed by atoms with van der Waals surface area (Å²) in [6.45, 7) is -0.0360. The summed E-state index contributed by atoms with van der Waals surface area (Å²) in [5, 5.41) is 8.74. The van der Waals surface area contributed by atoms with Crippen LogP contribution in [0.3, 0.4) is 0 Å². The Morgan fingerprint density at radius 3 is 2.62 bits per heavy atom. The van der Waals surface area contributed by atoms with Crippen LogP contribution in [0.4, 0.5) is 13.2 Å². The minimum atomic E-state index is -4.16. The Kier molecular flexibility index (Phi) is 6.53. The predicted molar refractivity (Wildman–Crippen MR) is 74.0 cm³/mol. The van der Waals surface area contributed by atoms with Crippen molar-refractivity contribution in [1.82, 2.24) is 4.90 Å². The molecule has 0 unspecified atom stereocenters. The van der Waals surface area contributed by atoms with E-state index in [0.29, 0.717) is 17.9 Å². The molecule has 116 valence electrons. The van der Waals surface area contributed by atoms with Gasteiger partial charge in [0, 0.05) is 18.7 Å². The van der Waals surface area contributed by atoms with Gasteiger partial charge in [-0.2, -0.15) is 13.2 Å². The Bertz CT molecular complexity index is 518. The number of rotatable bonds is 5. The largest absolute Gasteiger partial charge is 0.497 e.